The molecule has 0 spiro atoms. The molecule has 0 radical (unpaired) electrons. The molecule has 10 heteroatoms. The molecule has 0 saturated heterocycles. The Morgan fingerprint density at radius 1 is 1.19 bits per heavy atom. The molecule has 3 aromatic rings. The topological polar surface area (TPSA) is 119 Å². The zero-order valence-corrected chi connectivity index (χ0v) is 21.8. The molecule has 2 N–H and O–H groups in total. The van der Waals surface area contributed by atoms with Crippen molar-refractivity contribution in [3.05, 3.63) is 58.3 Å². The zero-order chi connectivity index (χ0) is 25.4. The third-order valence-electron chi connectivity index (χ3n) is 6.52. The van der Waals surface area contributed by atoms with Crippen molar-refractivity contribution in [2.75, 3.05) is 36.7 Å². The van der Waals surface area contributed by atoms with Crippen molar-refractivity contribution in [2.45, 2.75) is 38.6 Å². The van der Waals surface area contributed by atoms with Crippen LogP contribution in [0.2, 0.25) is 0 Å². The van der Waals surface area contributed by atoms with Gasteiger partial charge in [0.1, 0.15) is 17.5 Å². The lowest BCUT2D eigenvalue weighted by Crippen LogP contribution is -2.33. The van der Waals surface area contributed by atoms with Crippen molar-refractivity contribution in [1.82, 2.24) is 19.9 Å². The Balaban J connectivity index is 1.45. The average molecular weight is 503 g/mol. The highest BCUT2D eigenvalue weighted by Gasteiger charge is 2.29. The molecule has 2 aliphatic rings. The van der Waals surface area contributed by atoms with Gasteiger partial charge in [0.15, 0.2) is 11.6 Å². The molecule has 1 unspecified atom stereocenters. The van der Waals surface area contributed by atoms with Crippen LogP contribution in [0.25, 0.3) is 0 Å². The monoisotopic (exact) mass is 502 g/mol. The number of nitriles is 1. The van der Waals surface area contributed by atoms with Crippen LogP contribution >= 0.6 is 0 Å². The van der Waals surface area contributed by atoms with Gasteiger partial charge in [0, 0.05) is 41.0 Å². The third kappa shape index (κ3) is 5.17. The van der Waals surface area contributed by atoms with Gasteiger partial charge in [-0.2, -0.15) is 14.6 Å². The summed E-state index contributed by atoms with van der Waals surface area (Å²) in [7, 11) is -0.188. The summed E-state index contributed by atoms with van der Waals surface area (Å²) < 4.78 is 16.4. The minimum atomic E-state index is -2.37. The second-order valence-electron chi connectivity index (χ2n) is 9.92. The predicted octanol–water partition coefficient (Wildman–Crippen LogP) is 4.76. The maximum absolute atomic E-state index is 12.2. The Kier molecular flexibility index (Phi) is 6.36. The van der Waals surface area contributed by atoms with Crippen LogP contribution in [0.4, 0.5) is 29.1 Å². The molecule has 186 valence electrons. The maximum atomic E-state index is 12.2. The van der Waals surface area contributed by atoms with Crippen molar-refractivity contribution in [3.8, 4) is 6.07 Å². The van der Waals surface area contributed by atoms with Gasteiger partial charge < -0.3 is 15.5 Å². The first-order valence-corrected chi connectivity index (χ1v) is 14.3. The second-order valence-corrected chi connectivity index (χ2v) is 12.5. The fourth-order valence-electron chi connectivity index (χ4n) is 5.07. The van der Waals surface area contributed by atoms with Gasteiger partial charge in [0.05, 0.1) is 6.20 Å². The Morgan fingerprint density at radius 3 is 2.78 bits per heavy atom. The van der Waals surface area contributed by atoms with Crippen LogP contribution < -0.4 is 10.6 Å². The molecule has 5 rings (SSSR count). The van der Waals surface area contributed by atoms with Crippen LogP contribution in [0.1, 0.15) is 46.6 Å². The Hall–Kier alpha value is -3.55. The minimum Gasteiger partial charge on any atom is -0.324 e. The van der Waals surface area contributed by atoms with E-state index >= 15 is 0 Å². The highest BCUT2D eigenvalue weighted by molar-refractivity contribution is 7.92. The molecular weight excluding hydrogens is 472 g/mol. The lowest BCUT2D eigenvalue weighted by molar-refractivity contribution is 0.266. The van der Waals surface area contributed by atoms with E-state index in [1.54, 1.807) is 18.6 Å². The number of nitrogens with zero attached hydrogens (tertiary/aromatic N) is 6. The maximum Gasteiger partial charge on any atom is 0.229 e. The number of anilines is 4. The van der Waals surface area contributed by atoms with Gasteiger partial charge in [-0.05, 0) is 79.6 Å². The Morgan fingerprint density at radius 2 is 2.00 bits per heavy atom. The minimum absolute atomic E-state index is 0.293. The molecule has 0 saturated carbocycles. The summed E-state index contributed by atoms with van der Waals surface area (Å²) in [5, 5.41) is 16.1. The van der Waals surface area contributed by atoms with E-state index in [1.807, 2.05) is 13.0 Å². The molecular formula is C26H30N8OS. The lowest BCUT2D eigenvalue weighted by Gasteiger charge is -2.37. The first-order valence-electron chi connectivity index (χ1n) is 12.0. The summed E-state index contributed by atoms with van der Waals surface area (Å²) in [4.78, 5) is 15.8. The van der Waals surface area contributed by atoms with Crippen molar-refractivity contribution in [2.24, 2.45) is 4.36 Å². The number of likely N-dealkylation sites (N-methyl/N-ethyl adjacent to an activating group) is 1. The number of nitrogens with one attached hydrogen (secondary N) is 2. The molecule has 1 aliphatic heterocycles. The molecule has 36 heavy (non-hydrogen) atoms. The smallest absolute Gasteiger partial charge is 0.229 e. The SMILES string of the molecule is Cc1ccc(Nc2nc(Nc3cc4c5c(c3)CN(C)CC5CCC4)ncc2C#N)nc1N=S(C)(C)=O. The van der Waals surface area contributed by atoms with Crippen molar-refractivity contribution < 1.29 is 4.21 Å². The van der Waals surface area contributed by atoms with Gasteiger partial charge in [0.2, 0.25) is 5.95 Å². The van der Waals surface area contributed by atoms with Crippen LogP contribution in [0.15, 0.2) is 34.8 Å². The number of rotatable bonds is 5. The zero-order valence-electron chi connectivity index (χ0n) is 21.0. The average Bonchev–Trinajstić information content (AvgIpc) is 2.80. The number of aryl methyl sites for hydroxylation is 2. The van der Waals surface area contributed by atoms with Gasteiger partial charge in [-0.1, -0.05) is 6.07 Å². The summed E-state index contributed by atoms with van der Waals surface area (Å²) in [6, 6.07) is 10.2. The van der Waals surface area contributed by atoms with Crippen LogP contribution in [0.3, 0.4) is 0 Å². The fraction of sp³-hybridized carbons (Fsp3) is 0.385. The fourth-order valence-corrected chi connectivity index (χ4v) is 5.67. The quantitative estimate of drug-likeness (QED) is 0.512. The number of hydrogen-bond acceptors (Lipinski definition) is 9. The summed E-state index contributed by atoms with van der Waals surface area (Å²) >= 11 is 0. The van der Waals surface area contributed by atoms with E-state index in [4.69, 9.17) is 0 Å². The second kappa shape index (κ2) is 9.48. The van der Waals surface area contributed by atoms with E-state index < -0.39 is 9.73 Å². The van der Waals surface area contributed by atoms with Crippen LogP contribution in [-0.2, 0) is 22.7 Å². The third-order valence-corrected chi connectivity index (χ3v) is 7.13. The largest absolute Gasteiger partial charge is 0.324 e. The standard InChI is InChI=1S/C26H30N8OS/c1-16-8-9-22(30-24(16)33-36(3,4)35)31-25-20(12-27)13-28-26(32-25)29-21-10-17-6-5-7-18-14-34(2)15-19(11-21)23(17)18/h8-11,13,18H,5-7,14-15H2,1-4H3,(H2,28,29,30,31,32). The van der Waals surface area contributed by atoms with E-state index in [0.29, 0.717) is 34.9 Å². The van der Waals surface area contributed by atoms with Gasteiger partial charge >= 0.3 is 0 Å². The molecule has 1 atom stereocenters. The normalized spacial score (nSPS) is 17.1. The predicted molar refractivity (Wildman–Crippen MR) is 143 cm³/mol. The van der Waals surface area contributed by atoms with E-state index in [0.717, 1.165) is 30.8 Å². The van der Waals surface area contributed by atoms with Gasteiger partial charge in [-0.25, -0.2) is 14.2 Å². The van der Waals surface area contributed by atoms with Crippen LogP contribution in [0, 0.1) is 18.3 Å². The first kappa shape index (κ1) is 24.2. The number of aromatic nitrogens is 3. The summed E-state index contributed by atoms with van der Waals surface area (Å²) in [5.74, 6) is 2.20. The highest BCUT2D eigenvalue weighted by atomic mass is 32.2. The molecule has 0 fully saturated rings. The van der Waals surface area contributed by atoms with Crippen molar-refractivity contribution in [1.29, 1.82) is 5.26 Å². The van der Waals surface area contributed by atoms with Crippen LogP contribution in [0.5, 0.6) is 0 Å². The van der Waals surface area contributed by atoms with E-state index in [1.165, 1.54) is 35.7 Å². The number of pyridine rings is 1. The Bertz CT molecular complexity index is 1490. The first-order chi connectivity index (χ1) is 17.2. The van der Waals surface area contributed by atoms with E-state index in [9.17, 15) is 9.47 Å². The molecule has 0 bridgehead atoms. The molecule has 0 amide bonds. The molecule has 9 nitrogen and oxygen atoms in total. The summed E-state index contributed by atoms with van der Waals surface area (Å²) in [6.07, 6.45) is 8.18. The number of hydrogen-bond donors (Lipinski definition) is 2. The highest BCUT2D eigenvalue weighted by Crippen LogP contribution is 2.40. The summed E-state index contributed by atoms with van der Waals surface area (Å²) in [6.45, 7) is 3.92. The van der Waals surface area contributed by atoms with E-state index in [2.05, 4.69) is 60.1 Å². The molecule has 1 aliphatic carbocycles. The number of benzene rings is 1. The summed E-state index contributed by atoms with van der Waals surface area (Å²) in [5.41, 5.74) is 6.36. The molecule has 3 heterocycles. The Labute approximate surface area is 212 Å². The van der Waals surface area contributed by atoms with Crippen molar-refractivity contribution in [3.63, 3.8) is 0 Å². The van der Waals surface area contributed by atoms with Crippen LogP contribution in [-0.4, -0.2) is 50.2 Å². The van der Waals surface area contributed by atoms with Gasteiger partial charge in [0.25, 0.3) is 0 Å². The lowest BCUT2D eigenvalue weighted by atomic mass is 9.77. The van der Waals surface area contributed by atoms with Gasteiger partial charge in [-0.3, -0.25) is 0 Å². The van der Waals surface area contributed by atoms with E-state index in [-0.39, 0.29) is 0 Å². The molecule has 1 aromatic carbocycles. The molecule has 2 aromatic heterocycles. The van der Waals surface area contributed by atoms with Gasteiger partial charge in [-0.15, -0.1) is 0 Å². The van der Waals surface area contributed by atoms with Crippen molar-refractivity contribution >= 4 is 38.8 Å².